The van der Waals surface area contributed by atoms with E-state index in [0.29, 0.717) is 5.01 Å². The highest BCUT2D eigenvalue weighted by Gasteiger charge is 2.18. The molecule has 0 amide bonds. The summed E-state index contributed by atoms with van der Waals surface area (Å²) in [4.78, 5) is 28.7. The maximum atomic E-state index is 13.5. The Kier molecular flexibility index (Phi) is 5.54. The van der Waals surface area contributed by atoms with E-state index < -0.39 is 29.0 Å². The smallest absolute Gasteiger partial charge is 0.306 e. The number of hydrogen-bond donors (Lipinski definition) is 0. The number of Topliss-reactive ketones (excluding diaryl/α,β-unsaturated/α-hetero) is 1. The lowest BCUT2D eigenvalue weighted by atomic mass is 10.1. The molecular weight excluding hydrogens is 324 g/mol. The fourth-order valence-electron chi connectivity index (χ4n) is 1.92. The van der Waals surface area contributed by atoms with Crippen molar-refractivity contribution in [3.63, 3.8) is 0 Å². The summed E-state index contributed by atoms with van der Waals surface area (Å²) in [5.74, 6) is -3.24. The van der Waals surface area contributed by atoms with Crippen LogP contribution in [0.2, 0.25) is 0 Å². The van der Waals surface area contributed by atoms with Gasteiger partial charge in [0.1, 0.15) is 23.2 Å². The van der Waals surface area contributed by atoms with Gasteiger partial charge in [-0.3, -0.25) is 9.59 Å². The third-order valence-electron chi connectivity index (χ3n) is 3.23. The minimum atomic E-state index is -0.933. The molecule has 0 N–H and O–H groups in total. The number of hydrogen-bond acceptors (Lipinski definition) is 5. The summed E-state index contributed by atoms with van der Waals surface area (Å²) >= 11 is 1.43. The maximum Gasteiger partial charge on any atom is 0.306 e. The van der Waals surface area contributed by atoms with E-state index in [9.17, 15) is 18.4 Å². The van der Waals surface area contributed by atoms with Gasteiger partial charge >= 0.3 is 5.97 Å². The Morgan fingerprint density at radius 3 is 2.39 bits per heavy atom. The van der Waals surface area contributed by atoms with Crippen molar-refractivity contribution in [1.82, 2.24) is 4.98 Å². The second-order valence-corrected chi connectivity index (χ2v) is 6.22. The van der Waals surface area contributed by atoms with Crippen LogP contribution in [-0.4, -0.2) is 16.7 Å². The molecule has 0 saturated carbocycles. The van der Waals surface area contributed by atoms with E-state index >= 15 is 0 Å². The monoisotopic (exact) mass is 339 g/mol. The minimum Gasteiger partial charge on any atom is -0.458 e. The van der Waals surface area contributed by atoms with Gasteiger partial charge in [0.2, 0.25) is 0 Å². The summed E-state index contributed by atoms with van der Waals surface area (Å²) in [6.07, 6.45) is -0.553. The molecule has 0 aliphatic heterocycles. The standard InChI is InChI=1S/C16H15F2NO3S/c1-9-10(2)23-14(19-9)8-22-15(21)7-6-13(20)16-11(17)4-3-5-12(16)18/h3-5H,6-8H2,1-2H3. The first-order valence-corrected chi connectivity index (χ1v) is 7.76. The van der Waals surface area contributed by atoms with E-state index in [1.165, 1.54) is 17.4 Å². The van der Waals surface area contributed by atoms with Crippen molar-refractivity contribution in [3.8, 4) is 0 Å². The summed E-state index contributed by atoms with van der Waals surface area (Å²) in [5, 5.41) is 0.667. The topological polar surface area (TPSA) is 56.3 Å². The van der Waals surface area contributed by atoms with Crippen molar-refractivity contribution in [3.05, 3.63) is 51.0 Å². The van der Waals surface area contributed by atoms with Crippen LogP contribution in [0.4, 0.5) is 8.78 Å². The minimum absolute atomic E-state index is 0.0282. The molecule has 1 aromatic heterocycles. The molecule has 2 aromatic rings. The first kappa shape index (κ1) is 17.2. The molecule has 0 atom stereocenters. The van der Waals surface area contributed by atoms with E-state index in [0.717, 1.165) is 22.7 Å². The first-order chi connectivity index (χ1) is 10.9. The van der Waals surface area contributed by atoms with Gasteiger partial charge in [0.15, 0.2) is 5.78 Å². The Bertz CT molecular complexity index is 703. The molecule has 0 spiro atoms. The van der Waals surface area contributed by atoms with Crippen LogP contribution in [-0.2, 0) is 16.1 Å². The highest BCUT2D eigenvalue weighted by atomic mass is 32.1. The zero-order chi connectivity index (χ0) is 17.0. The molecule has 0 bridgehead atoms. The second-order valence-electron chi connectivity index (χ2n) is 4.93. The van der Waals surface area contributed by atoms with Crippen molar-refractivity contribution in [2.75, 3.05) is 0 Å². The van der Waals surface area contributed by atoms with Crippen molar-refractivity contribution >= 4 is 23.1 Å². The van der Waals surface area contributed by atoms with E-state index in [2.05, 4.69) is 4.98 Å². The molecule has 0 saturated heterocycles. The molecule has 23 heavy (non-hydrogen) atoms. The zero-order valence-electron chi connectivity index (χ0n) is 12.7. The summed E-state index contributed by atoms with van der Waals surface area (Å²) in [6.45, 7) is 3.80. The normalized spacial score (nSPS) is 10.6. The van der Waals surface area contributed by atoms with Crippen LogP contribution >= 0.6 is 11.3 Å². The van der Waals surface area contributed by atoms with E-state index in [4.69, 9.17) is 4.74 Å². The number of carbonyl (C=O) groups is 2. The molecule has 1 aromatic carbocycles. The number of halogens is 2. The van der Waals surface area contributed by atoms with Crippen molar-refractivity contribution < 1.29 is 23.1 Å². The van der Waals surface area contributed by atoms with Crippen LogP contribution in [0.5, 0.6) is 0 Å². The first-order valence-electron chi connectivity index (χ1n) is 6.94. The fourth-order valence-corrected chi connectivity index (χ4v) is 2.77. The third kappa shape index (κ3) is 4.41. The quantitative estimate of drug-likeness (QED) is 0.594. The number of benzene rings is 1. The summed E-state index contributed by atoms with van der Waals surface area (Å²) in [7, 11) is 0. The molecule has 0 radical (unpaired) electrons. The average Bonchev–Trinajstić information content (AvgIpc) is 2.81. The number of thiazole rings is 1. The molecule has 122 valence electrons. The van der Waals surface area contributed by atoms with Gasteiger partial charge in [-0.25, -0.2) is 13.8 Å². The number of rotatable bonds is 6. The summed E-state index contributed by atoms with van der Waals surface area (Å²) < 4.78 is 31.9. The number of aromatic nitrogens is 1. The number of aryl methyl sites for hydroxylation is 2. The lowest BCUT2D eigenvalue weighted by molar-refractivity contribution is -0.144. The van der Waals surface area contributed by atoms with Crippen LogP contribution in [0.1, 0.15) is 38.8 Å². The third-order valence-corrected chi connectivity index (χ3v) is 4.27. The van der Waals surface area contributed by atoms with Gasteiger partial charge in [0.25, 0.3) is 0 Å². The Morgan fingerprint density at radius 1 is 1.17 bits per heavy atom. The van der Waals surface area contributed by atoms with E-state index in [1.54, 1.807) is 0 Å². The highest BCUT2D eigenvalue weighted by Crippen LogP contribution is 2.18. The summed E-state index contributed by atoms with van der Waals surface area (Å²) in [6, 6.07) is 3.18. The van der Waals surface area contributed by atoms with Crippen molar-refractivity contribution in [2.45, 2.75) is 33.3 Å². The molecule has 1 heterocycles. The molecule has 4 nitrogen and oxygen atoms in total. The lowest BCUT2D eigenvalue weighted by Gasteiger charge is -2.04. The van der Waals surface area contributed by atoms with Gasteiger partial charge in [0.05, 0.1) is 17.7 Å². The molecule has 0 aliphatic carbocycles. The van der Waals surface area contributed by atoms with Gasteiger partial charge in [-0.15, -0.1) is 11.3 Å². The summed E-state index contributed by atoms with van der Waals surface area (Å²) in [5.41, 5.74) is 0.262. The Morgan fingerprint density at radius 2 is 1.83 bits per heavy atom. The van der Waals surface area contributed by atoms with Crippen LogP contribution in [0.25, 0.3) is 0 Å². The number of carbonyl (C=O) groups excluding carboxylic acids is 2. The van der Waals surface area contributed by atoms with Gasteiger partial charge < -0.3 is 4.74 Å². The average molecular weight is 339 g/mol. The molecule has 7 heteroatoms. The number of ether oxygens (including phenoxy) is 1. The predicted octanol–water partition coefficient (Wildman–Crippen LogP) is 3.74. The Hall–Kier alpha value is -2.15. The predicted molar refractivity (Wildman–Crippen MR) is 81.3 cm³/mol. The largest absolute Gasteiger partial charge is 0.458 e. The highest BCUT2D eigenvalue weighted by molar-refractivity contribution is 7.11. The Labute approximate surface area is 136 Å². The van der Waals surface area contributed by atoms with Crippen LogP contribution < -0.4 is 0 Å². The number of nitrogens with zero attached hydrogens (tertiary/aromatic N) is 1. The SMILES string of the molecule is Cc1nc(COC(=O)CCC(=O)c2c(F)cccc2F)sc1C. The second kappa shape index (κ2) is 7.41. The van der Waals surface area contributed by atoms with Gasteiger partial charge in [-0.05, 0) is 26.0 Å². The van der Waals surface area contributed by atoms with Crippen molar-refractivity contribution in [2.24, 2.45) is 0 Å². The van der Waals surface area contributed by atoms with Gasteiger partial charge in [-0.2, -0.15) is 0 Å². The van der Waals surface area contributed by atoms with E-state index in [1.807, 2.05) is 13.8 Å². The number of ketones is 1. The number of esters is 1. The van der Waals surface area contributed by atoms with Crippen LogP contribution in [0, 0.1) is 25.5 Å². The van der Waals surface area contributed by atoms with Gasteiger partial charge in [0, 0.05) is 11.3 Å². The molecular formula is C16H15F2NO3S. The van der Waals surface area contributed by atoms with Crippen LogP contribution in [0.3, 0.4) is 0 Å². The lowest BCUT2D eigenvalue weighted by Crippen LogP contribution is -2.10. The van der Waals surface area contributed by atoms with E-state index in [-0.39, 0.29) is 19.4 Å². The maximum absolute atomic E-state index is 13.5. The zero-order valence-corrected chi connectivity index (χ0v) is 13.5. The van der Waals surface area contributed by atoms with Gasteiger partial charge in [-0.1, -0.05) is 6.07 Å². The van der Waals surface area contributed by atoms with Crippen LogP contribution in [0.15, 0.2) is 18.2 Å². The van der Waals surface area contributed by atoms with Crippen molar-refractivity contribution in [1.29, 1.82) is 0 Å². The molecule has 2 rings (SSSR count). The molecule has 0 unspecified atom stereocenters. The fraction of sp³-hybridized carbons (Fsp3) is 0.312. The molecule has 0 aliphatic rings. The Balaban J connectivity index is 1.85. The molecule has 0 fully saturated rings.